The Balaban J connectivity index is 1.59. The summed E-state index contributed by atoms with van der Waals surface area (Å²) >= 11 is 0. The molecule has 1 saturated heterocycles. The van der Waals surface area contributed by atoms with Crippen molar-refractivity contribution < 1.29 is 0 Å². The zero-order valence-corrected chi connectivity index (χ0v) is 11.8. The van der Waals surface area contributed by atoms with Crippen molar-refractivity contribution in [1.29, 1.82) is 0 Å². The van der Waals surface area contributed by atoms with E-state index in [2.05, 4.69) is 24.1 Å². The Bertz CT molecular complexity index is 205. The van der Waals surface area contributed by atoms with Gasteiger partial charge in [-0.15, -0.1) is 0 Å². The smallest absolute Gasteiger partial charge is 0.00938 e. The molecule has 2 heteroatoms. The molecule has 1 heterocycles. The average molecular weight is 238 g/mol. The molecular formula is C15H30N2. The van der Waals surface area contributed by atoms with Gasteiger partial charge in [0.1, 0.15) is 0 Å². The van der Waals surface area contributed by atoms with Crippen LogP contribution in [0.1, 0.15) is 58.8 Å². The fraction of sp³-hybridized carbons (Fsp3) is 1.00. The summed E-state index contributed by atoms with van der Waals surface area (Å²) in [7, 11) is 0. The van der Waals surface area contributed by atoms with Crippen LogP contribution in [0.25, 0.3) is 0 Å². The summed E-state index contributed by atoms with van der Waals surface area (Å²) in [6, 6.07) is 1.53. The van der Waals surface area contributed by atoms with Crippen LogP contribution in [0.15, 0.2) is 0 Å². The molecule has 1 aliphatic heterocycles. The van der Waals surface area contributed by atoms with Gasteiger partial charge in [-0.3, -0.25) is 0 Å². The normalized spacial score (nSPS) is 25.8. The van der Waals surface area contributed by atoms with E-state index in [-0.39, 0.29) is 0 Å². The Labute approximate surface area is 107 Å². The highest BCUT2D eigenvalue weighted by Crippen LogP contribution is 2.30. The predicted molar refractivity (Wildman–Crippen MR) is 74.3 cm³/mol. The minimum atomic E-state index is 0.739. The topological polar surface area (TPSA) is 15.3 Å². The predicted octanol–water partition coefficient (Wildman–Crippen LogP) is 3.03. The minimum absolute atomic E-state index is 0.739. The average Bonchev–Trinajstić information content (AvgIpc) is 2.27. The summed E-state index contributed by atoms with van der Waals surface area (Å²) in [5, 5.41) is 3.85. The summed E-state index contributed by atoms with van der Waals surface area (Å²) in [5.41, 5.74) is 0. The van der Waals surface area contributed by atoms with Gasteiger partial charge in [-0.2, -0.15) is 0 Å². The number of hydrogen-bond donors (Lipinski definition) is 1. The molecule has 0 spiro atoms. The molecule has 0 aromatic heterocycles. The Hall–Kier alpha value is -0.0800. The number of hydrogen-bond acceptors (Lipinski definition) is 2. The Morgan fingerprint density at radius 1 is 1.18 bits per heavy atom. The van der Waals surface area contributed by atoms with E-state index in [1.807, 2.05) is 0 Å². The molecule has 2 aliphatic rings. The van der Waals surface area contributed by atoms with Crippen molar-refractivity contribution in [2.45, 2.75) is 70.9 Å². The highest BCUT2D eigenvalue weighted by molar-refractivity contribution is 4.81. The molecule has 1 unspecified atom stereocenters. The summed E-state index contributed by atoms with van der Waals surface area (Å²) in [6.45, 7) is 8.58. The lowest BCUT2D eigenvalue weighted by Gasteiger charge is -2.35. The van der Waals surface area contributed by atoms with Gasteiger partial charge >= 0.3 is 0 Å². The lowest BCUT2D eigenvalue weighted by Crippen LogP contribution is -2.46. The molecular weight excluding hydrogens is 208 g/mol. The zero-order chi connectivity index (χ0) is 12.1. The van der Waals surface area contributed by atoms with E-state index >= 15 is 0 Å². The van der Waals surface area contributed by atoms with Gasteiger partial charge in [0.2, 0.25) is 0 Å². The molecule has 0 radical (unpaired) electrons. The first-order valence-electron chi connectivity index (χ1n) is 7.76. The maximum absolute atomic E-state index is 3.85. The SMILES string of the molecule is CCCN1CCC(NC(C)CC2CCC2)CC1. The van der Waals surface area contributed by atoms with Crippen LogP contribution >= 0.6 is 0 Å². The van der Waals surface area contributed by atoms with Crippen LogP contribution in [-0.2, 0) is 0 Å². The molecule has 0 bridgehead atoms. The second-order valence-corrected chi connectivity index (χ2v) is 6.22. The Morgan fingerprint density at radius 3 is 2.41 bits per heavy atom. The molecule has 2 rings (SSSR count). The monoisotopic (exact) mass is 238 g/mol. The van der Waals surface area contributed by atoms with Gasteiger partial charge in [-0.1, -0.05) is 26.2 Å². The largest absolute Gasteiger partial charge is 0.311 e. The van der Waals surface area contributed by atoms with Crippen LogP contribution in [0.4, 0.5) is 0 Å². The fourth-order valence-electron chi connectivity index (χ4n) is 3.34. The van der Waals surface area contributed by atoms with E-state index in [4.69, 9.17) is 0 Å². The van der Waals surface area contributed by atoms with Crippen molar-refractivity contribution >= 4 is 0 Å². The molecule has 2 nitrogen and oxygen atoms in total. The molecule has 100 valence electrons. The molecule has 0 aromatic carbocycles. The summed E-state index contributed by atoms with van der Waals surface area (Å²) < 4.78 is 0. The van der Waals surface area contributed by atoms with Gasteiger partial charge in [-0.25, -0.2) is 0 Å². The quantitative estimate of drug-likeness (QED) is 0.765. The van der Waals surface area contributed by atoms with E-state index < -0.39 is 0 Å². The number of likely N-dealkylation sites (tertiary alicyclic amines) is 1. The van der Waals surface area contributed by atoms with E-state index in [1.165, 1.54) is 64.6 Å². The number of piperidine rings is 1. The van der Waals surface area contributed by atoms with Gasteiger partial charge in [-0.05, 0) is 58.2 Å². The summed E-state index contributed by atoms with van der Waals surface area (Å²) in [4.78, 5) is 2.62. The van der Waals surface area contributed by atoms with Gasteiger partial charge in [0.25, 0.3) is 0 Å². The lowest BCUT2D eigenvalue weighted by atomic mass is 9.81. The van der Waals surface area contributed by atoms with E-state index in [1.54, 1.807) is 0 Å². The van der Waals surface area contributed by atoms with Crippen LogP contribution in [0.3, 0.4) is 0 Å². The third-order valence-corrected chi connectivity index (χ3v) is 4.56. The van der Waals surface area contributed by atoms with Gasteiger partial charge < -0.3 is 10.2 Å². The first-order chi connectivity index (χ1) is 8.28. The van der Waals surface area contributed by atoms with Crippen LogP contribution in [-0.4, -0.2) is 36.6 Å². The van der Waals surface area contributed by atoms with E-state index in [0.717, 1.165) is 18.0 Å². The number of rotatable bonds is 6. The molecule has 0 amide bonds. The second-order valence-electron chi connectivity index (χ2n) is 6.22. The number of nitrogens with zero attached hydrogens (tertiary/aromatic N) is 1. The second kappa shape index (κ2) is 6.75. The number of nitrogens with one attached hydrogen (secondary N) is 1. The highest BCUT2D eigenvalue weighted by Gasteiger charge is 2.23. The highest BCUT2D eigenvalue weighted by atomic mass is 15.1. The van der Waals surface area contributed by atoms with Crippen LogP contribution in [0, 0.1) is 5.92 Å². The van der Waals surface area contributed by atoms with E-state index in [0.29, 0.717) is 0 Å². The van der Waals surface area contributed by atoms with Gasteiger partial charge in [0.15, 0.2) is 0 Å². The molecule has 1 N–H and O–H groups in total. The minimum Gasteiger partial charge on any atom is -0.311 e. The molecule has 0 aromatic rings. The standard InChI is InChI=1S/C15H30N2/c1-3-9-17-10-7-15(8-11-17)16-13(2)12-14-5-4-6-14/h13-16H,3-12H2,1-2H3. The first-order valence-corrected chi connectivity index (χ1v) is 7.76. The van der Waals surface area contributed by atoms with Crippen molar-refractivity contribution in [3.8, 4) is 0 Å². The summed E-state index contributed by atoms with van der Waals surface area (Å²) in [6.07, 6.45) is 9.88. The van der Waals surface area contributed by atoms with Crippen LogP contribution in [0.5, 0.6) is 0 Å². The third kappa shape index (κ3) is 4.26. The fourth-order valence-corrected chi connectivity index (χ4v) is 3.34. The maximum Gasteiger partial charge on any atom is 0.00938 e. The van der Waals surface area contributed by atoms with Crippen molar-refractivity contribution in [3.05, 3.63) is 0 Å². The Kier molecular flexibility index (Phi) is 5.30. The van der Waals surface area contributed by atoms with Crippen molar-refractivity contribution in [2.75, 3.05) is 19.6 Å². The Morgan fingerprint density at radius 2 is 1.88 bits per heavy atom. The molecule has 17 heavy (non-hydrogen) atoms. The van der Waals surface area contributed by atoms with Gasteiger partial charge in [0, 0.05) is 12.1 Å². The van der Waals surface area contributed by atoms with Crippen molar-refractivity contribution in [1.82, 2.24) is 10.2 Å². The third-order valence-electron chi connectivity index (χ3n) is 4.56. The zero-order valence-electron chi connectivity index (χ0n) is 11.8. The maximum atomic E-state index is 3.85. The van der Waals surface area contributed by atoms with E-state index in [9.17, 15) is 0 Å². The van der Waals surface area contributed by atoms with Crippen molar-refractivity contribution in [2.24, 2.45) is 5.92 Å². The van der Waals surface area contributed by atoms with Gasteiger partial charge in [0.05, 0.1) is 0 Å². The molecule has 1 saturated carbocycles. The summed E-state index contributed by atoms with van der Waals surface area (Å²) in [5.74, 6) is 1.04. The lowest BCUT2D eigenvalue weighted by molar-refractivity contribution is 0.182. The molecule has 1 atom stereocenters. The molecule has 1 aliphatic carbocycles. The van der Waals surface area contributed by atoms with Crippen LogP contribution < -0.4 is 5.32 Å². The molecule has 2 fully saturated rings. The van der Waals surface area contributed by atoms with Crippen LogP contribution in [0.2, 0.25) is 0 Å². The first kappa shape index (κ1) is 13.4. The van der Waals surface area contributed by atoms with Crippen molar-refractivity contribution in [3.63, 3.8) is 0 Å².